The van der Waals surface area contributed by atoms with Crippen LogP contribution in [0.1, 0.15) is 49.2 Å². The second-order valence-electron chi connectivity index (χ2n) is 6.94. The van der Waals surface area contributed by atoms with Crippen LogP contribution in [-0.4, -0.2) is 27.2 Å². The van der Waals surface area contributed by atoms with Gasteiger partial charge < -0.3 is 9.64 Å². The van der Waals surface area contributed by atoms with E-state index in [0.717, 1.165) is 12.1 Å². The normalized spacial score (nSPS) is 23.0. The molecule has 1 aromatic heterocycles. The maximum atomic E-state index is 13.1. The number of ether oxygens (including phenoxy) is 1. The summed E-state index contributed by atoms with van der Waals surface area (Å²) in [5, 5.41) is 4.40. The number of hydrogen-bond donors (Lipinski definition) is 0. The summed E-state index contributed by atoms with van der Waals surface area (Å²) < 4.78 is 7.92. The van der Waals surface area contributed by atoms with E-state index in [4.69, 9.17) is 4.74 Å². The van der Waals surface area contributed by atoms with Crippen LogP contribution in [0.4, 0.5) is 0 Å². The molecule has 0 N–H and O–H groups in total. The van der Waals surface area contributed by atoms with Gasteiger partial charge in [-0.1, -0.05) is 24.3 Å². The van der Waals surface area contributed by atoms with E-state index < -0.39 is 0 Å². The number of fused-ring (bicyclic) bond motifs is 1. The number of hydrogen-bond acceptors (Lipinski definition) is 3. The van der Waals surface area contributed by atoms with Crippen LogP contribution in [0.5, 0.6) is 0 Å². The molecule has 5 nitrogen and oxygen atoms in total. The van der Waals surface area contributed by atoms with E-state index in [9.17, 15) is 4.79 Å². The predicted octanol–water partition coefficient (Wildman–Crippen LogP) is 3.08. The summed E-state index contributed by atoms with van der Waals surface area (Å²) in [5.41, 5.74) is 3.53. The molecule has 1 amide bonds. The zero-order valence-electron chi connectivity index (χ0n) is 14.2. The SMILES string of the molecule is CC(C)n1nccc1[C@H]1OCC[C@@H]1C(=O)N1Cc2ccccc2C1. The Morgan fingerprint density at radius 3 is 2.58 bits per heavy atom. The van der Waals surface area contributed by atoms with E-state index in [-0.39, 0.29) is 24.0 Å². The molecule has 2 atom stereocenters. The molecule has 2 aliphatic heterocycles. The Labute approximate surface area is 142 Å². The number of carbonyl (C=O) groups is 1. The number of rotatable bonds is 3. The monoisotopic (exact) mass is 325 g/mol. The minimum absolute atomic E-state index is 0.117. The first kappa shape index (κ1) is 15.4. The third-order valence-corrected chi connectivity index (χ3v) is 5.04. The van der Waals surface area contributed by atoms with Gasteiger partial charge in [0, 0.05) is 31.9 Å². The highest BCUT2D eigenvalue weighted by Crippen LogP contribution is 2.38. The summed E-state index contributed by atoms with van der Waals surface area (Å²) in [7, 11) is 0. The van der Waals surface area contributed by atoms with Crippen molar-refractivity contribution in [3.63, 3.8) is 0 Å². The maximum Gasteiger partial charge on any atom is 0.229 e. The fraction of sp³-hybridized carbons (Fsp3) is 0.474. The van der Waals surface area contributed by atoms with Crippen LogP contribution < -0.4 is 0 Å². The molecule has 0 saturated carbocycles. The predicted molar refractivity (Wildman–Crippen MR) is 90.1 cm³/mol. The molecule has 0 spiro atoms. The molecule has 3 heterocycles. The topological polar surface area (TPSA) is 47.4 Å². The summed E-state index contributed by atoms with van der Waals surface area (Å²) in [6.45, 7) is 6.24. The molecule has 24 heavy (non-hydrogen) atoms. The number of carbonyl (C=O) groups excluding carboxylic acids is 1. The van der Waals surface area contributed by atoms with E-state index in [0.29, 0.717) is 19.7 Å². The standard InChI is InChI=1S/C19H23N3O2/c1-13(2)22-17(7-9-20-22)18-16(8-10-24-18)19(23)21-11-14-5-3-4-6-15(14)12-21/h3-7,9,13,16,18H,8,10-12H2,1-2H3/t16-,18-/m0/s1. The van der Waals surface area contributed by atoms with Gasteiger partial charge in [-0.15, -0.1) is 0 Å². The fourth-order valence-corrected chi connectivity index (χ4v) is 3.84. The lowest BCUT2D eigenvalue weighted by Gasteiger charge is -2.25. The second-order valence-corrected chi connectivity index (χ2v) is 6.94. The molecule has 4 rings (SSSR count). The van der Waals surface area contributed by atoms with Crippen molar-refractivity contribution in [1.29, 1.82) is 0 Å². The molecule has 1 saturated heterocycles. The fourth-order valence-electron chi connectivity index (χ4n) is 3.84. The molecule has 126 valence electrons. The van der Waals surface area contributed by atoms with Crippen LogP contribution >= 0.6 is 0 Å². The molecular weight excluding hydrogens is 302 g/mol. The Bertz CT molecular complexity index is 728. The molecule has 1 fully saturated rings. The summed E-state index contributed by atoms with van der Waals surface area (Å²) in [4.78, 5) is 15.1. The van der Waals surface area contributed by atoms with Gasteiger partial charge in [0.2, 0.25) is 5.91 Å². The lowest BCUT2D eigenvalue weighted by atomic mass is 9.97. The van der Waals surface area contributed by atoms with Crippen LogP contribution in [0.25, 0.3) is 0 Å². The van der Waals surface area contributed by atoms with Gasteiger partial charge in [0.15, 0.2) is 0 Å². The first-order chi connectivity index (χ1) is 11.6. The summed E-state index contributed by atoms with van der Waals surface area (Å²) in [5.74, 6) is 0.0821. The van der Waals surface area contributed by atoms with Crippen LogP contribution in [-0.2, 0) is 22.6 Å². The smallest absolute Gasteiger partial charge is 0.229 e. The van der Waals surface area contributed by atoms with E-state index >= 15 is 0 Å². The molecule has 2 aliphatic rings. The van der Waals surface area contributed by atoms with E-state index in [2.05, 4.69) is 31.1 Å². The zero-order chi connectivity index (χ0) is 16.7. The summed E-state index contributed by atoms with van der Waals surface area (Å²) >= 11 is 0. The highest BCUT2D eigenvalue weighted by atomic mass is 16.5. The Kier molecular flexibility index (Phi) is 3.88. The molecule has 0 aliphatic carbocycles. The quantitative estimate of drug-likeness (QED) is 0.871. The van der Waals surface area contributed by atoms with Gasteiger partial charge in [0.1, 0.15) is 6.10 Å². The van der Waals surface area contributed by atoms with Crippen molar-refractivity contribution in [1.82, 2.24) is 14.7 Å². The van der Waals surface area contributed by atoms with Gasteiger partial charge in [-0.3, -0.25) is 9.48 Å². The van der Waals surface area contributed by atoms with Gasteiger partial charge in [-0.25, -0.2) is 0 Å². The molecule has 0 radical (unpaired) electrons. The molecule has 0 unspecified atom stereocenters. The van der Waals surface area contributed by atoms with Gasteiger partial charge in [0.25, 0.3) is 0 Å². The van der Waals surface area contributed by atoms with Crippen molar-refractivity contribution in [3.8, 4) is 0 Å². The Morgan fingerprint density at radius 2 is 1.92 bits per heavy atom. The van der Waals surface area contributed by atoms with Crippen LogP contribution in [0.3, 0.4) is 0 Å². The highest BCUT2D eigenvalue weighted by Gasteiger charge is 2.40. The molecular formula is C19H23N3O2. The maximum absolute atomic E-state index is 13.1. The lowest BCUT2D eigenvalue weighted by Crippen LogP contribution is -2.34. The van der Waals surface area contributed by atoms with Crippen LogP contribution in [0.2, 0.25) is 0 Å². The zero-order valence-corrected chi connectivity index (χ0v) is 14.2. The third-order valence-electron chi connectivity index (χ3n) is 5.04. The molecule has 0 bridgehead atoms. The van der Waals surface area contributed by atoms with Crippen molar-refractivity contribution in [2.24, 2.45) is 5.92 Å². The Morgan fingerprint density at radius 1 is 1.21 bits per heavy atom. The van der Waals surface area contributed by atoms with Crippen LogP contribution in [0.15, 0.2) is 36.5 Å². The summed E-state index contributed by atoms with van der Waals surface area (Å²) in [6.07, 6.45) is 2.38. The van der Waals surface area contributed by atoms with Crippen molar-refractivity contribution in [2.45, 2.75) is 45.5 Å². The number of nitrogens with zero attached hydrogens (tertiary/aromatic N) is 3. The van der Waals surface area contributed by atoms with Gasteiger partial charge >= 0.3 is 0 Å². The minimum Gasteiger partial charge on any atom is -0.371 e. The third kappa shape index (κ3) is 2.53. The summed E-state index contributed by atoms with van der Waals surface area (Å²) in [6, 6.07) is 10.5. The van der Waals surface area contributed by atoms with Crippen molar-refractivity contribution in [2.75, 3.05) is 6.61 Å². The molecule has 5 heteroatoms. The Hall–Kier alpha value is -2.14. The van der Waals surface area contributed by atoms with E-state index in [1.54, 1.807) is 6.20 Å². The molecule has 2 aromatic rings. The average molecular weight is 325 g/mol. The molecule has 1 aromatic carbocycles. The van der Waals surface area contributed by atoms with Crippen molar-refractivity contribution < 1.29 is 9.53 Å². The van der Waals surface area contributed by atoms with Gasteiger partial charge in [-0.05, 0) is 37.5 Å². The lowest BCUT2D eigenvalue weighted by molar-refractivity contribution is -0.138. The largest absolute Gasteiger partial charge is 0.371 e. The Balaban J connectivity index is 1.55. The number of amides is 1. The first-order valence-corrected chi connectivity index (χ1v) is 8.65. The van der Waals surface area contributed by atoms with Gasteiger partial charge in [-0.2, -0.15) is 5.10 Å². The van der Waals surface area contributed by atoms with Crippen LogP contribution in [0, 0.1) is 5.92 Å². The van der Waals surface area contributed by atoms with Crippen molar-refractivity contribution >= 4 is 5.91 Å². The highest BCUT2D eigenvalue weighted by molar-refractivity contribution is 5.80. The van der Waals surface area contributed by atoms with E-state index in [1.807, 2.05) is 27.8 Å². The number of benzene rings is 1. The van der Waals surface area contributed by atoms with Crippen molar-refractivity contribution in [3.05, 3.63) is 53.3 Å². The minimum atomic E-state index is -0.189. The second kappa shape index (κ2) is 6.06. The number of aromatic nitrogens is 2. The van der Waals surface area contributed by atoms with Gasteiger partial charge in [0.05, 0.1) is 11.6 Å². The average Bonchev–Trinajstić information content (AvgIpc) is 3.30. The van der Waals surface area contributed by atoms with E-state index in [1.165, 1.54) is 11.1 Å². The first-order valence-electron chi connectivity index (χ1n) is 8.65.